The molecule has 0 atom stereocenters. The molecular weight excluding hydrogens is 488 g/mol. The van der Waals surface area contributed by atoms with Crippen molar-refractivity contribution in [1.82, 2.24) is 15.2 Å². The maximum Gasteiger partial charge on any atom is 0.172 e. The van der Waals surface area contributed by atoms with E-state index in [1.54, 1.807) is 0 Å². The standard InChI is InChI=1S/C31H38N6O2/c1-24-3-8-28(9-4-24)36-17-19-37(20-18-36)31-22-30(39-33-31)12-7-26-5-10-29(11-6-26)35-15-13-34(14-16-35)23-27-21-25(2)38-32-27/h3-6,8-11,21-22H,7,12-20,23H2,1-2H3. The van der Waals surface area contributed by atoms with Crippen molar-refractivity contribution in [3.8, 4) is 0 Å². The first-order chi connectivity index (χ1) is 19.1. The van der Waals surface area contributed by atoms with Crippen LogP contribution in [0.1, 0.15) is 28.3 Å². The molecular formula is C31H38N6O2. The van der Waals surface area contributed by atoms with Crippen LogP contribution in [0.2, 0.25) is 0 Å². The minimum Gasteiger partial charge on any atom is -0.369 e. The van der Waals surface area contributed by atoms with Gasteiger partial charge in [0.25, 0.3) is 0 Å². The van der Waals surface area contributed by atoms with Crippen LogP contribution in [0.25, 0.3) is 0 Å². The molecule has 4 aromatic rings. The van der Waals surface area contributed by atoms with E-state index in [2.05, 4.69) is 91.4 Å². The summed E-state index contributed by atoms with van der Waals surface area (Å²) in [6, 6.07) is 22.0. The van der Waals surface area contributed by atoms with Gasteiger partial charge in [0.05, 0.1) is 5.69 Å². The van der Waals surface area contributed by atoms with E-state index in [0.29, 0.717) is 0 Å². The number of piperazine rings is 2. The number of hydrogen-bond acceptors (Lipinski definition) is 8. The lowest BCUT2D eigenvalue weighted by Gasteiger charge is -2.36. The molecule has 0 amide bonds. The molecule has 0 bridgehead atoms. The lowest BCUT2D eigenvalue weighted by molar-refractivity contribution is 0.242. The number of benzene rings is 2. The van der Waals surface area contributed by atoms with Crippen molar-refractivity contribution in [3.05, 3.63) is 89.0 Å². The molecule has 8 nitrogen and oxygen atoms in total. The molecule has 0 N–H and O–H groups in total. The van der Waals surface area contributed by atoms with E-state index in [0.717, 1.165) is 94.8 Å². The van der Waals surface area contributed by atoms with Gasteiger partial charge in [-0.25, -0.2) is 0 Å². The van der Waals surface area contributed by atoms with E-state index in [1.165, 1.54) is 22.5 Å². The van der Waals surface area contributed by atoms with E-state index in [9.17, 15) is 0 Å². The summed E-state index contributed by atoms with van der Waals surface area (Å²) >= 11 is 0. The second kappa shape index (κ2) is 11.5. The first-order valence-electron chi connectivity index (χ1n) is 14.1. The molecule has 2 aromatic heterocycles. The van der Waals surface area contributed by atoms with Crippen LogP contribution in [0, 0.1) is 13.8 Å². The molecule has 0 radical (unpaired) electrons. The van der Waals surface area contributed by atoms with Gasteiger partial charge in [0.15, 0.2) is 5.82 Å². The van der Waals surface area contributed by atoms with Crippen LogP contribution in [-0.2, 0) is 19.4 Å². The van der Waals surface area contributed by atoms with Gasteiger partial charge in [0, 0.05) is 88.8 Å². The Bertz CT molecular complexity index is 1330. The Kier molecular flexibility index (Phi) is 7.54. The summed E-state index contributed by atoms with van der Waals surface area (Å²) in [5.74, 6) is 2.79. The molecule has 0 spiro atoms. The van der Waals surface area contributed by atoms with Crippen LogP contribution in [0.15, 0.2) is 69.7 Å². The molecule has 2 aromatic carbocycles. The van der Waals surface area contributed by atoms with E-state index in [4.69, 9.17) is 9.05 Å². The highest BCUT2D eigenvalue weighted by molar-refractivity contribution is 5.50. The Morgan fingerprint density at radius 2 is 1.26 bits per heavy atom. The Hall–Kier alpha value is -3.78. The summed E-state index contributed by atoms with van der Waals surface area (Å²) in [6.07, 6.45) is 1.80. The van der Waals surface area contributed by atoms with E-state index < -0.39 is 0 Å². The van der Waals surface area contributed by atoms with Gasteiger partial charge in [-0.05, 0) is 50.1 Å². The van der Waals surface area contributed by atoms with Crippen molar-refractivity contribution in [2.75, 3.05) is 67.1 Å². The van der Waals surface area contributed by atoms with Gasteiger partial charge in [0.2, 0.25) is 0 Å². The number of hydrogen-bond donors (Lipinski definition) is 0. The molecule has 204 valence electrons. The number of anilines is 3. The zero-order valence-corrected chi connectivity index (χ0v) is 23.1. The Balaban J connectivity index is 0.949. The fraction of sp³-hybridized carbons (Fsp3) is 0.419. The van der Waals surface area contributed by atoms with Crippen molar-refractivity contribution in [2.24, 2.45) is 0 Å². The van der Waals surface area contributed by atoms with Gasteiger partial charge in [0.1, 0.15) is 11.5 Å². The van der Waals surface area contributed by atoms with Gasteiger partial charge < -0.3 is 23.7 Å². The fourth-order valence-electron chi connectivity index (χ4n) is 5.54. The first-order valence-corrected chi connectivity index (χ1v) is 14.1. The fourth-order valence-corrected chi connectivity index (χ4v) is 5.54. The smallest absolute Gasteiger partial charge is 0.172 e. The molecule has 2 saturated heterocycles. The molecule has 2 fully saturated rings. The summed E-state index contributed by atoms with van der Waals surface area (Å²) < 4.78 is 10.9. The molecule has 2 aliphatic heterocycles. The number of aryl methyl sites for hydroxylation is 4. The van der Waals surface area contributed by atoms with E-state index in [1.807, 2.05) is 13.0 Å². The third-order valence-corrected chi connectivity index (χ3v) is 7.95. The Labute approximate surface area is 230 Å². The van der Waals surface area contributed by atoms with Gasteiger partial charge in [-0.1, -0.05) is 40.1 Å². The zero-order valence-electron chi connectivity index (χ0n) is 23.1. The molecule has 6 rings (SSSR count). The first kappa shape index (κ1) is 25.5. The summed E-state index contributed by atoms with van der Waals surface area (Å²) in [6.45, 7) is 12.9. The van der Waals surface area contributed by atoms with Crippen LogP contribution in [0.3, 0.4) is 0 Å². The van der Waals surface area contributed by atoms with Gasteiger partial charge >= 0.3 is 0 Å². The van der Waals surface area contributed by atoms with Crippen LogP contribution < -0.4 is 14.7 Å². The molecule has 0 saturated carbocycles. The minimum absolute atomic E-state index is 0.857. The largest absolute Gasteiger partial charge is 0.369 e. The van der Waals surface area contributed by atoms with Crippen LogP contribution in [0.4, 0.5) is 17.2 Å². The molecule has 4 heterocycles. The predicted molar refractivity (Wildman–Crippen MR) is 155 cm³/mol. The maximum absolute atomic E-state index is 5.71. The summed E-state index contributed by atoms with van der Waals surface area (Å²) in [4.78, 5) is 9.69. The molecule has 8 heteroatoms. The van der Waals surface area contributed by atoms with Gasteiger partial charge in [-0.15, -0.1) is 0 Å². The lowest BCUT2D eigenvalue weighted by atomic mass is 10.1. The second-order valence-corrected chi connectivity index (χ2v) is 10.8. The van der Waals surface area contributed by atoms with Crippen molar-refractivity contribution in [2.45, 2.75) is 33.2 Å². The molecule has 0 aliphatic carbocycles. The number of nitrogens with zero attached hydrogens (tertiary/aromatic N) is 6. The van der Waals surface area contributed by atoms with Crippen molar-refractivity contribution >= 4 is 17.2 Å². The molecule has 0 unspecified atom stereocenters. The van der Waals surface area contributed by atoms with Crippen molar-refractivity contribution in [1.29, 1.82) is 0 Å². The zero-order chi connectivity index (χ0) is 26.6. The average Bonchev–Trinajstić information content (AvgIpc) is 3.62. The topological polar surface area (TPSA) is 65.0 Å². The van der Waals surface area contributed by atoms with Gasteiger partial charge in [-0.3, -0.25) is 4.90 Å². The number of rotatable bonds is 8. The SMILES string of the molecule is Cc1ccc(N2CCN(c3cc(CCc4ccc(N5CCN(Cc6cc(C)on6)CC5)cc4)on3)CC2)cc1. The minimum atomic E-state index is 0.857. The average molecular weight is 527 g/mol. The van der Waals surface area contributed by atoms with Crippen LogP contribution in [-0.4, -0.2) is 67.6 Å². The van der Waals surface area contributed by atoms with Crippen LogP contribution in [0.5, 0.6) is 0 Å². The quantitative estimate of drug-likeness (QED) is 0.327. The summed E-state index contributed by atoms with van der Waals surface area (Å²) in [5, 5.41) is 8.51. The Morgan fingerprint density at radius 3 is 1.90 bits per heavy atom. The van der Waals surface area contributed by atoms with Crippen LogP contribution >= 0.6 is 0 Å². The Morgan fingerprint density at radius 1 is 0.641 bits per heavy atom. The lowest BCUT2D eigenvalue weighted by Crippen LogP contribution is -2.46. The van der Waals surface area contributed by atoms with Crippen molar-refractivity contribution < 1.29 is 9.05 Å². The molecule has 2 aliphatic rings. The normalized spacial score (nSPS) is 16.7. The summed E-state index contributed by atoms with van der Waals surface area (Å²) in [5.41, 5.74) is 6.23. The van der Waals surface area contributed by atoms with Gasteiger partial charge in [-0.2, -0.15) is 0 Å². The third-order valence-electron chi connectivity index (χ3n) is 7.95. The highest BCUT2D eigenvalue weighted by atomic mass is 16.5. The second-order valence-electron chi connectivity index (χ2n) is 10.8. The molecule has 39 heavy (non-hydrogen) atoms. The predicted octanol–water partition coefficient (Wildman–Crippen LogP) is 4.71. The van der Waals surface area contributed by atoms with E-state index in [-0.39, 0.29) is 0 Å². The highest BCUT2D eigenvalue weighted by Crippen LogP contribution is 2.23. The van der Waals surface area contributed by atoms with Crippen molar-refractivity contribution in [3.63, 3.8) is 0 Å². The number of aromatic nitrogens is 2. The van der Waals surface area contributed by atoms with E-state index >= 15 is 0 Å². The summed E-state index contributed by atoms with van der Waals surface area (Å²) in [7, 11) is 0. The third kappa shape index (κ3) is 6.28. The maximum atomic E-state index is 5.71. The monoisotopic (exact) mass is 526 g/mol. The highest BCUT2D eigenvalue weighted by Gasteiger charge is 2.21.